The van der Waals surface area contributed by atoms with Crippen molar-refractivity contribution < 1.29 is 22.3 Å². The second-order valence-corrected chi connectivity index (χ2v) is 9.55. The van der Waals surface area contributed by atoms with Gasteiger partial charge < -0.3 is 5.11 Å². The molecule has 0 saturated carbocycles. The second kappa shape index (κ2) is 6.64. The van der Waals surface area contributed by atoms with Gasteiger partial charge in [0.2, 0.25) is 0 Å². The summed E-state index contributed by atoms with van der Waals surface area (Å²) in [6.07, 6.45) is -0.0102. The highest BCUT2D eigenvalue weighted by atomic mass is 32.2. The van der Waals surface area contributed by atoms with Gasteiger partial charge in [0, 0.05) is 24.2 Å². The molecule has 2 aromatic carbocycles. The molecule has 0 aromatic heterocycles. The molecule has 1 N–H and O–H groups in total. The van der Waals surface area contributed by atoms with Crippen LogP contribution in [0.5, 0.6) is 0 Å². The first-order valence-corrected chi connectivity index (χ1v) is 11.0. The normalized spacial score (nSPS) is 23.8. The second-order valence-electron chi connectivity index (χ2n) is 7.57. The highest BCUT2D eigenvalue weighted by Crippen LogP contribution is 2.46. The smallest absolute Gasteiger partial charge is 0.175 e. The van der Waals surface area contributed by atoms with Crippen molar-refractivity contribution in [1.82, 2.24) is 0 Å². The van der Waals surface area contributed by atoms with Crippen molar-refractivity contribution in [3.8, 4) is 6.07 Å². The number of nitrogens with zero attached hydrogens (tertiary/aromatic N) is 1. The van der Waals surface area contributed by atoms with Crippen molar-refractivity contribution in [1.29, 1.82) is 5.26 Å². The average molecular weight is 403 g/mol. The lowest BCUT2D eigenvalue weighted by Gasteiger charge is -2.29. The van der Waals surface area contributed by atoms with Crippen LogP contribution in [-0.2, 0) is 22.7 Å². The first-order valence-electron chi connectivity index (χ1n) is 9.12. The Morgan fingerprint density at radius 1 is 1.25 bits per heavy atom. The molecule has 0 unspecified atom stereocenters. The monoisotopic (exact) mass is 403 g/mol. The molecule has 0 fully saturated rings. The van der Waals surface area contributed by atoms with Gasteiger partial charge in [-0.15, -0.1) is 0 Å². The summed E-state index contributed by atoms with van der Waals surface area (Å²) in [7, 11) is -3.64. The summed E-state index contributed by atoms with van der Waals surface area (Å²) in [5.74, 6) is -0.730. The van der Waals surface area contributed by atoms with E-state index in [4.69, 9.17) is 0 Å². The van der Waals surface area contributed by atoms with E-state index >= 15 is 0 Å². The zero-order valence-corrected chi connectivity index (χ0v) is 16.1. The van der Waals surface area contributed by atoms with E-state index < -0.39 is 27.9 Å². The standard InChI is InChI=1S/C21H19F2NO3S/c1-28(26,27)18-6-5-14(16-9-17(23)21(25)20(16)18)15-4-2-3-11-7-13(22)8-12(10-24)19(11)15/h5-8,15,17,21,25H,2-4,9H2,1H3/t15-,17+,21+/m0/s1. The molecule has 0 bridgehead atoms. The lowest BCUT2D eigenvalue weighted by molar-refractivity contribution is 0.0907. The third-order valence-electron chi connectivity index (χ3n) is 5.80. The molecular formula is C21H19F2NO3S. The van der Waals surface area contributed by atoms with Gasteiger partial charge in [-0.1, -0.05) is 6.07 Å². The van der Waals surface area contributed by atoms with E-state index in [0.717, 1.165) is 23.8 Å². The van der Waals surface area contributed by atoms with E-state index in [1.165, 1.54) is 18.2 Å². The van der Waals surface area contributed by atoms with Crippen LogP contribution in [0.2, 0.25) is 0 Å². The molecule has 0 amide bonds. The number of aliphatic hydroxyl groups is 1. The summed E-state index contributed by atoms with van der Waals surface area (Å²) in [6, 6.07) is 7.76. The number of halogens is 2. The molecule has 0 heterocycles. The molecule has 28 heavy (non-hydrogen) atoms. The molecule has 4 nitrogen and oxygen atoms in total. The van der Waals surface area contributed by atoms with Gasteiger partial charge in [-0.05, 0) is 59.7 Å². The quantitative estimate of drug-likeness (QED) is 0.833. The topological polar surface area (TPSA) is 78.2 Å². The lowest BCUT2D eigenvalue weighted by atomic mass is 9.75. The van der Waals surface area contributed by atoms with Crippen molar-refractivity contribution in [3.05, 3.63) is 63.5 Å². The van der Waals surface area contributed by atoms with Gasteiger partial charge in [-0.2, -0.15) is 5.26 Å². The molecule has 7 heteroatoms. The van der Waals surface area contributed by atoms with Gasteiger partial charge in [0.25, 0.3) is 0 Å². The molecule has 3 atom stereocenters. The Labute approximate surface area is 162 Å². The Balaban J connectivity index is 1.96. The fourth-order valence-corrected chi connectivity index (χ4v) is 5.65. The van der Waals surface area contributed by atoms with Crippen LogP contribution >= 0.6 is 0 Å². The molecule has 0 saturated heterocycles. The number of nitriles is 1. The highest BCUT2D eigenvalue weighted by molar-refractivity contribution is 7.90. The number of benzene rings is 2. The van der Waals surface area contributed by atoms with Crippen molar-refractivity contribution in [2.45, 2.75) is 48.8 Å². The molecular weight excluding hydrogens is 384 g/mol. The first-order chi connectivity index (χ1) is 13.2. The maximum Gasteiger partial charge on any atom is 0.175 e. The van der Waals surface area contributed by atoms with Crippen molar-refractivity contribution in [2.75, 3.05) is 6.26 Å². The van der Waals surface area contributed by atoms with E-state index in [2.05, 4.69) is 6.07 Å². The molecule has 2 aliphatic rings. The summed E-state index contributed by atoms with van der Waals surface area (Å²) in [4.78, 5) is -0.0606. The maximum atomic E-state index is 14.4. The average Bonchev–Trinajstić information content (AvgIpc) is 2.93. The Bertz CT molecular complexity index is 1120. The third kappa shape index (κ3) is 2.92. The number of aryl methyl sites for hydroxylation is 1. The van der Waals surface area contributed by atoms with Gasteiger partial charge in [-0.25, -0.2) is 17.2 Å². The predicted molar refractivity (Wildman–Crippen MR) is 99.0 cm³/mol. The molecule has 0 radical (unpaired) electrons. The van der Waals surface area contributed by atoms with E-state index in [9.17, 15) is 27.6 Å². The highest BCUT2D eigenvalue weighted by Gasteiger charge is 2.39. The van der Waals surface area contributed by atoms with Gasteiger partial charge in [0.15, 0.2) is 9.84 Å². The number of rotatable bonds is 2. The van der Waals surface area contributed by atoms with Crippen LogP contribution in [0.4, 0.5) is 8.78 Å². The fraction of sp³-hybridized carbons (Fsp3) is 0.381. The minimum atomic E-state index is -3.64. The predicted octanol–water partition coefficient (Wildman–Crippen LogP) is 3.50. The fourth-order valence-electron chi connectivity index (χ4n) is 4.69. The maximum absolute atomic E-state index is 14.4. The SMILES string of the molecule is CS(=O)(=O)c1ccc([C@@H]2CCCc3cc(F)cc(C#N)c32)c2c1[C@H](O)[C@H](F)C2. The lowest BCUT2D eigenvalue weighted by Crippen LogP contribution is -2.16. The van der Waals surface area contributed by atoms with Gasteiger partial charge >= 0.3 is 0 Å². The van der Waals surface area contributed by atoms with Gasteiger partial charge in [0.05, 0.1) is 16.5 Å². The zero-order chi connectivity index (χ0) is 20.2. The number of aliphatic hydroxyl groups excluding tert-OH is 1. The number of hydrogen-bond acceptors (Lipinski definition) is 4. The van der Waals surface area contributed by atoms with Gasteiger partial charge in [0.1, 0.15) is 18.1 Å². The van der Waals surface area contributed by atoms with Gasteiger partial charge in [-0.3, -0.25) is 0 Å². The minimum absolute atomic E-state index is 0.0606. The summed E-state index contributed by atoms with van der Waals surface area (Å²) in [5.41, 5.74) is 3.06. The Morgan fingerprint density at radius 3 is 2.68 bits per heavy atom. The van der Waals surface area contributed by atoms with Crippen LogP contribution in [0.15, 0.2) is 29.2 Å². The van der Waals surface area contributed by atoms with Crippen LogP contribution in [0, 0.1) is 17.1 Å². The van der Waals surface area contributed by atoms with Crippen LogP contribution in [0.1, 0.15) is 58.2 Å². The number of sulfone groups is 1. The largest absolute Gasteiger partial charge is 0.385 e. The Hall–Kier alpha value is -2.30. The van der Waals surface area contributed by atoms with Crippen LogP contribution in [0.3, 0.4) is 0 Å². The van der Waals surface area contributed by atoms with E-state index in [0.29, 0.717) is 24.0 Å². The Morgan fingerprint density at radius 2 is 2.00 bits per heavy atom. The van der Waals surface area contributed by atoms with Crippen LogP contribution in [-0.4, -0.2) is 26.0 Å². The summed E-state index contributed by atoms with van der Waals surface area (Å²) in [6.45, 7) is 0. The van der Waals surface area contributed by atoms with Crippen LogP contribution < -0.4 is 0 Å². The summed E-state index contributed by atoms with van der Waals surface area (Å²) in [5, 5.41) is 19.8. The van der Waals surface area contributed by atoms with E-state index in [-0.39, 0.29) is 28.4 Å². The Kier molecular flexibility index (Phi) is 4.52. The molecule has 2 aromatic rings. The minimum Gasteiger partial charge on any atom is -0.385 e. The number of hydrogen-bond donors (Lipinski definition) is 1. The molecule has 2 aliphatic carbocycles. The molecule has 0 spiro atoms. The van der Waals surface area contributed by atoms with E-state index in [1.807, 2.05) is 0 Å². The van der Waals surface area contributed by atoms with Crippen LogP contribution in [0.25, 0.3) is 0 Å². The van der Waals surface area contributed by atoms with Crippen molar-refractivity contribution in [2.24, 2.45) is 0 Å². The summed E-state index contributed by atoms with van der Waals surface area (Å²) >= 11 is 0. The third-order valence-corrected chi connectivity index (χ3v) is 6.96. The molecule has 146 valence electrons. The van der Waals surface area contributed by atoms with E-state index in [1.54, 1.807) is 6.07 Å². The van der Waals surface area contributed by atoms with Crippen molar-refractivity contribution >= 4 is 9.84 Å². The van der Waals surface area contributed by atoms with Crippen molar-refractivity contribution in [3.63, 3.8) is 0 Å². The first kappa shape index (κ1) is 19.0. The molecule has 0 aliphatic heterocycles. The number of fused-ring (bicyclic) bond motifs is 2. The zero-order valence-electron chi connectivity index (χ0n) is 15.2. The number of alkyl halides is 1. The molecule has 4 rings (SSSR count). The summed E-state index contributed by atoms with van der Waals surface area (Å²) < 4.78 is 52.6.